The van der Waals surface area contributed by atoms with Gasteiger partial charge < -0.3 is 15.0 Å². The van der Waals surface area contributed by atoms with E-state index in [0.717, 1.165) is 26.1 Å². The molecule has 0 aliphatic heterocycles. The van der Waals surface area contributed by atoms with Gasteiger partial charge in [-0.2, -0.15) is 0 Å². The molecule has 0 spiro atoms. The molecular formula is C10H18N2O. The van der Waals surface area contributed by atoms with Crippen molar-refractivity contribution in [2.45, 2.75) is 26.4 Å². The number of hydrogen-bond acceptors (Lipinski definition) is 2. The van der Waals surface area contributed by atoms with Gasteiger partial charge in [-0.25, -0.2) is 0 Å². The molecule has 1 aromatic heterocycles. The number of aliphatic hydroxyl groups excluding tert-OH is 1. The first-order valence-electron chi connectivity index (χ1n) is 4.84. The normalized spacial score (nSPS) is 10.6. The Hall–Kier alpha value is -0.800. The molecule has 2 N–H and O–H groups in total. The summed E-state index contributed by atoms with van der Waals surface area (Å²) in [4.78, 5) is 0. The molecule has 0 bridgehead atoms. The van der Waals surface area contributed by atoms with Gasteiger partial charge in [0.15, 0.2) is 0 Å². The highest BCUT2D eigenvalue weighted by Crippen LogP contribution is 2.02. The van der Waals surface area contributed by atoms with Gasteiger partial charge in [-0.05, 0) is 25.1 Å². The maximum atomic E-state index is 8.70. The molecule has 13 heavy (non-hydrogen) atoms. The number of rotatable bonds is 6. The van der Waals surface area contributed by atoms with E-state index in [1.54, 1.807) is 0 Å². The van der Waals surface area contributed by atoms with Gasteiger partial charge in [-0.1, -0.05) is 6.92 Å². The van der Waals surface area contributed by atoms with E-state index in [4.69, 9.17) is 5.11 Å². The molecule has 0 aromatic carbocycles. The molecule has 0 radical (unpaired) electrons. The van der Waals surface area contributed by atoms with Gasteiger partial charge in [0.05, 0.1) is 0 Å². The molecule has 1 rings (SSSR count). The number of aryl methyl sites for hydroxylation is 1. The van der Waals surface area contributed by atoms with E-state index in [9.17, 15) is 0 Å². The third kappa shape index (κ3) is 3.20. The van der Waals surface area contributed by atoms with Crippen LogP contribution in [0.4, 0.5) is 0 Å². The predicted molar refractivity (Wildman–Crippen MR) is 53.5 cm³/mol. The zero-order chi connectivity index (χ0) is 9.52. The van der Waals surface area contributed by atoms with Crippen molar-refractivity contribution in [1.29, 1.82) is 0 Å². The second-order valence-electron chi connectivity index (χ2n) is 3.05. The van der Waals surface area contributed by atoms with Gasteiger partial charge in [-0.3, -0.25) is 0 Å². The predicted octanol–water partition coefficient (Wildman–Crippen LogP) is 0.980. The molecule has 0 saturated heterocycles. The fraction of sp³-hybridized carbons (Fsp3) is 0.600. The van der Waals surface area contributed by atoms with Crippen LogP contribution in [0.5, 0.6) is 0 Å². The molecule has 1 heterocycles. The van der Waals surface area contributed by atoms with Crippen LogP contribution in [-0.2, 0) is 13.1 Å². The Morgan fingerprint density at radius 2 is 2.38 bits per heavy atom. The highest BCUT2D eigenvalue weighted by molar-refractivity contribution is 5.06. The molecule has 3 heteroatoms. The molecule has 0 amide bonds. The number of hydrogen-bond donors (Lipinski definition) is 2. The van der Waals surface area contributed by atoms with E-state index < -0.39 is 0 Å². The number of nitrogens with zero attached hydrogens (tertiary/aromatic N) is 1. The Bertz CT molecular complexity index is 210. The second-order valence-corrected chi connectivity index (χ2v) is 3.05. The molecule has 1 aromatic rings. The summed E-state index contributed by atoms with van der Waals surface area (Å²) in [7, 11) is 0. The largest absolute Gasteiger partial charge is 0.396 e. The van der Waals surface area contributed by atoms with Crippen LogP contribution in [0.3, 0.4) is 0 Å². The minimum absolute atomic E-state index is 0.263. The lowest BCUT2D eigenvalue weighted by Gasteiger charge is -2.08. The van der Waals surface area contributed by atoms with Crippen molar-refractivity contribution in [3.8, 4) is 0 Å². The third-order valence-electron chi connectivity index (χ3n) is 2.04. The maximum absolute atomic E-state index is 8.70. The van der Waals surface area contributed by atoms with Crippen LogP contribution in [0.2, 0.25) is 0 Å². The average molecular weight is 182 g/mol. The first kappa shape index (κ1) is 10.3. The van der Waals surface area contributed by atoms with E-state index in [1.165, 1.54) is 5.69 Å². The van der Waals surface area contributed by atoms with Gasteiger partial charge in [0.2, 0.25) is 0 Å². The monoisotopic (exact) mass is 182 g/mol. The molecule has 0 aliphatic rings. The van der Waals surface area contributed by atoms with Crippen molar-refractivity contribution >= 4 is 0 Å². The van der Waals surface area contributed by atoms with E-state index in [1.807, 2.05) is 6.07 Å². The van der Waals surface area contributed by atoms with Crippen molar-refractivity contribution in [3.63, 3.8) is 0 Å². The van der Waals surface area contributed by atoms with Gasteiger partial charge in [0.1, 0.15) is 0 Å². The topological polar surface area (TPSA) is 37.2 Å². The quantitative estimate of drug-likeness (QED) is 0.688. The molecule has 0 atom stereocenters. The summed E-state index contributed by atoms with van der Waals surface area (Å²) in [6.45, 7) is 5.17. The lowest BCUT2D eigenvalue weighted by molar-refractivity contribution is 0.279. The summed E-state index contributed by atoms with van der Waals surface area (Å²) < 4.78 is 2.18. The van der Waals surface area contributed by atoms with Crippen LogP contribution in [0, 0.1) is 0 Å². The van der Waals surface area contributed by atoms with Crippen LogP contribution < -0.4 is 5.32 Å². The molecule has 3 nitrogen and oxygen atoms in total. The van der Waals surface area contributed by atoms with E-state index in [-0.39, 0.29) is 6.61 Å². The summed E-state index contributed by atoms with van der Waals surface area (Å²) in [6.07, 6.45) is 2.89. The van der Waals surface area contributed by atoms with Crippen LogP contribution in [-0.4, -0.2) is 22.8 Å². The lowest BCUT2D eigenvalue weighted by Crippen LogP contribution is -2.15. The van der Waals surface area contributed by atoms with Gasteiger partial charge in [0.25, 0.3) is 0 Å². The molecule has 0 aliphatic carbocycles. The number of nitrogens with one attached hydrogen (secondary N) is 1. The minimum atomic E-state index is 0.263. The summed E-state index contributed by atoms with van der Waals surface area (Å²) in [5.74, 6) is 0. The number of aromatic nitrogens is 1. The molecule has 0 unspecified atom stereocenters. The Morgan fingerprint density at radius 3 is 3.08 bits per heavy atom. The van der Waals surface area contributed by atoms with Crippen LogP contribution >= 0.6 is 0 Å². The van der Waals surface area contributed by atoms with Crippen molar-refractivity contribution < 1.29 is 5.11 Å². The van der Waals surface area contributed by atoms with Crippen LogP contribution in [0.25, 0.3) is 0 Å². The van der Waals surface area contributed by atoms with Gasteiger partial charge in [-0.15, -0.1) is 0 Å². The molecule has 74 valence electrons. The van der Waals surface area contributed by atoms with E-state index in [0.29, 0.717) is 0 Å². The van der Waals surface area contributed by atoms with Crippen molar-refractivity contribution in [2.24, 2.45) is 0 Å². The molecule has 0 saturated carbocycles. The summed E-state index contributed by atoms with van der Waals surface area (Å²) >= 11 is 0. The zero-order valence-corrected chi connectivity index (χ0v) is 8.16. The van der Waals surface area contributed by atoms with Gasteiger partial charge >= 0.3 is 0 Å². The summed E-state index contributed by atoms with van der Waals surface area (Å²) in [5, 5.41) is 12.0. The highest BCUT2D eigenvalue weighted by Gasteiger charge is 1.98. The second kappa shape index (κ2) is 5.78. The van der Waals surface area contributed by atoms with Gasteiger partial charge in [0, 0.05) is 31.6 Å². The van der Waals surface area contributed by atoms with Crippen molar-refractivity contribution in [1.82, 2.24) is 9.88 Å². The average Bonchev–Trinajstić information content (AvgIpc) is 2.59. The van der Waals surface area contributed by atoms with Crippen molar-refractivity contribution in [2.75, 3.05) is 13.2 Å². The SMILES string of the molecule is CCNCc1cccn1CCCO. The number of aliphatic hydroxyl groups is 1. The van der Waals surface area contributed by atoms with Crippen LogP contribution in [0.15, 0.2) is 18.3 Å². The Balaban J connectivity index is 2.45. The Labute approximate surface area is 79.4 Å². The third-order valence-corrected chi connectivity index (χ3v) is 2.04. The van der Waals surface area contributed by atoms with Crippen molar-refractivity contribution in [3.05, 3.63) is 24.0 Å². The lowest BCUT2D eigenvalue weighted by atomic mass is 10.4. The minimum Gasteiger partial charge on any atom is -0.396 e. The van der Waals surface area contributed by atoms with E-state index in [2.05, 4.69) is 29.1 Å². The first-order valence-corrected chi connectivity index (χ1v) is 4.84. The smallest absolute Gasteiger partial charge is 0.0448 e. The summed E-state index contributed by atoms with van der Waals surface area (Å²) in [6, 6.07) is 4.16. The zero-order valence-electron chi connectivity index (χ0n) is 8.16. The molecular weight excluding hydrogens is 164 g/mol. The first-order chi connectivity index (χ1) is 6.38. The van der Waals surface area contributed by atoms with E-state index >= 15 is 0 Å². The standard InChI is InChI=1S/C10H18N2O/c1-2-11-9-10-5-3-6-12(10)7-4-8-13/h3,5-6,11,13H,2,4,7-9H2,1H3. The fourth-order valence-corrected chi connectivity index (χ4v) is 1.32. The Morgan fingerprint density at radius 1 is 1.54 bits per heavy atom. The highest BCUT2D eigenvalue weighted by atomic mass is 16.3. The molecule has 0 fully saturated rings. The fourth-order valence-electron chi connectivity index (χ4n) is 1.32. The maximum Gasteiger partial charge on any atom is 0.0448 e. The van der Waals surface area contributed by atoms with Crippen LogP contribution in [0.1, 0.15) is 19.0 Å². The Kier molecular flexibility index (Phi) is 4.57. The summed E-state index contributed by atoms with van der Waals surface area (Å²) in [5.41, 5.74) is 1.29.